The summed E-state index contributed by atoms with van der Waals surface area (Å²) in [4.78, 5) is 13.0. The molecule has 2 aromatic carbocycles. The number of halogens is 2. The molecule has 0 spiro atoms. The van der Waals surface area contributed by atoms with Crippen LogP contribution in [0.4, 0.5) is 8.78 Å². The van der Waals surface area contributed by atoms with Crippen molar-refractivity contribution in [2.75, 3.05) is 5.75 Å². The molecule has 0 bridgehead atoms. The second-order valence-electron chi connectivity index (χ2n) is 6.86. The number of hydrogen-bond acceptors (Lipinski definition) is 3. The van der Waals surface area contributed by atoms with Crippen LogP contribution in [-0.4, -0.2) is 11.7 Å². The Morgan fingerprint density at radius 1 is 1.19 bits per heavy atom. The van der Waals surface area contributed by atoms with Gasteiger partial charge in [-0.1, -0.05) is 39.0 Å². The molecule has 0 aliphatic carbocycles. The molecule has 1 atom stereocenters. The first-order valence-electron chi connectivity index (χ1n) is 8.08. The molecule has 0 saturated heterocycles. The van der Waals surface area contributed by atoms with Crippen molar-refractivity contribution in [1.82, 2.24) is 5.32 Å². The average Bonchev–Trinajstić information content (AvgIpc) is 2.58. The zero-order valence-electron chi connectivity index (χ0n) is 14.8. The van der Waals surface area contributed by atoms with Crippen LogP contribution in [0.3, 0.4) is 0 Å². The Labute approximate surface area is 156 Å². The minimum absolute atomic E-state index is 0.0539. The van der Waals surface area contributed by atoms with Crippen LogP contribution in [0.2, 0.25) is 0 Å². The van der Waals surface area contributed by atoms with E-state index in [1.807, 2.05) is 30.3 Å². The maximum atomic E-state index is 13.8. The minimum Gasteiger partial charge on any atom is -0.336 e. The molecule has 136 valence electrons. The fraction of sp³-hybridized carbons (Fsp3) is 0.300. The maximum Gasteiger partial charge on any atom is 0.231 e. The summed E-state index contributed by atoms with van der Waals surface area (Å²) in [6.07, 6.45) is 0. The summed E-state index contributed by atoms with van der Waals surface area (Å²) >= 11 is 1.33. The zero-order chi connectivity index (χ0) is 19.3. The van der Waals surface area contributed by atoms with E-state index in [4.69, 9.17) is 0 Å². The van der Waals surface area contributed by atoms with Crippen LogP contribution in [0.15, 0.2) is 47.4 Å². The smallest absolute Gasteiger partial charge is 0.231 e. The molecule has 0 heterocycles. The molecule has 2 rings (SSSR count). The first-order chi connectivity index (χ1) is 12.2. The van der Waals surface area contributed by atoms with E-state index in [0.717, 1.165) is 17.0 Å². The van der Waals surface area contributed by atoms with Crippen LogP contribution < -0.4 is 5.32 Å². The van der Waals surface area contributed by atoms with E-state index in [0.29, 0.717) is 6.07 Å². The van der Waals surface area contributed by atoms with Crippen molar-refractivity contribution in [3.8, 4) is 6.07 Å². The van der Waals surface area contributed by atoms with Gasteiger partial charge in [0.1, 0.15) is 17.7 Å². The summed E-state index contributed by atoms with van der Waals surface area (Å²) in [5.74, 6) is -1.90. The van der Waals surface area contributed by atoms with Gasteiger partial charge in [0.25, 0.3) is 0 Å². The molecule has 26 heavy (non-hydrogen) atoms. The number of rotatable bonds is 5. The molecular weight excluding hydrogens is 354 g/mol. The van der Waals surface area contributed by atoms with Crippen molar-refractivity contribution in [2.24, 2.45) is 0 Å². The van der Waals surface area contributed by atoms with Gasteiger partial charge in [-0.25, -0.2) is 8.78 Å². The molecule has 0 saturated carbocycles. The number of benzene rings is 2. The summed E-state index contributed by atoms with van der Waals surface area (Å²) in [7, 11) is 0. The standard InChI is InChI=1S/C20H20F2N2OS/c1-20(2,3)13-4-7-15(8-5-13)26-12-19(25)24-18(11-23)16-9-6-14(21)10-17(16)22/h4-10,18H,12H2,1-3H3,(H,24,25). The highest BCUT2D eigenvalue weighted by molar-refractivity contribution is 8.00. The average molecular weight is 374 g/mol. The van der Waals surface area contributed by atoms with Gasteiger partial charge in [-0.2, -0.15) is 5.26 Å². The van der Waals surface area contributed by atoms with E-state index in [9.17, 15) is 18.8 Å². The third-order valence-corrected chi connectivity index (χ3v) is 4.81. The van der Waals surface area contributed by atoms with Gasteiger partial charge in [-0.15, -0.1) is 11.8 Å². The van der Waals surface area contributed by atoms with Gasteiger partial charge in [-0.3, -0.25) is 4.79 Å². The lowest BCUT2D eigenvalue weighted by Gasteiger charge is -2.19. The van der Waals surface area contributed by atoms with Crippen molar-refractivity contribution in [1.29, 1.82) is 5.26 Å². The van der Waals surface area contributed by atoms with Crippen LogP contribution in [0.25, 0.3) is 0 Å². The van der Waals surface area contributed by atoms with Gasteiger partial charge in [-0.05, 0) is 29.2 Å². The van der Waals surface area contributed by atoms with Gasteiger partial charge in [0.2, 0.25) is 5.91 Å². The van der Waals surface area contributed by atoms with E-state index in [1.165, 1.54) is 17.3 Å². The fourth-order valence-corrected chi connectivity index (χ4v) is 3.03. The number of nitrogens with zero attached hydrogens (tertiary/aromatic N) is 1. The van der Waals surface area contributed by atoms with E-state index in [-0.39, 0.29) is 16.7 Å². The van der Waals surface area contributed by atoms with E-state index >= 15 is 0 Å². The van der Waals surface area contributed by atoms with Gasteiger partial charge >= 0.3 is 0 Å². The molecular formula is C20H20F2N2OS. The predicted molar refractivity (Wildman–Crippen MR) is 98.7 cm³/mol. The summed E-state index contributed by atoms with van der Waals surface area (Å²) in [5.41, 5.74) is 1.20. The Kier molecular flexibility index (Phi) is 6.38. The van der Waals surface area contributed by atoms with E-state index in [1.54, 1.807) is 0 Å². The largest absolute Gasteiger partial charge is 0.336 e. The van der Waals surface area contributed by atoms with Crippen molar-refractivity contribution >= 4 is 17.7 Å². The molecule has 0 aromatic heterocycles. The Hall–Kier alpha value is -2.39. The van der Waals surface area contributed by atoms with Crippen molar-refractivity contribution in [3.05, 3.63) is 65.2 Å². The number of hydrogen-bond donors (Lipinski definition) is 1. The highest BCUT2D eigenvalue weighted by Crippen LogP contribution is 2.26. The molecule has 0 fully saturated rings. The zero-order valence-corrected chi connectivity index (χ0v) is 15.7. The third kappa shape index (κ3) is 5.30. The summed E-state index contributed by atoms with van der Waals surface area (Å²) in [6, 6.07) is 11.5. The molecule has 2 aromatic rings. The monoisotopic (exact) mass is 374 g/mol. The maximum absolute atomic E-state index is 13.8. The normalized spacial score (nSPS) is 12.3. The topological polar surface area (TPSA) is 52.9 Å². The summed E-state index contributed by atoms with van der Waals surface area (Å²) in [5, 5.41) is 11.6. The van der Waals surface area contributed by atoms with Gasteiger partial charge < -0.3 is 5.32 Å². The SMILES string of the molecule is CC(C)(C)c1ccc(SCC(=O)NC(C#N)c2ccc(F)cc2F)cc1. The second kappa shape index (κ2) is 8.33. The lowest BCUT2D eigenvalue weighted by Crippen LogP contribution is -2.29. The lowest BCUT2D eigenvalue weighted by molar-refractivity contribution is -0.118. The van der Waals surface area contributed by atoms with Gasteiger partial charge in [0.15, 0.2) is 0 Å². The molecule has 0 aliphatic heterocycles. The Morgan fingerprint density at radius 3 is 2.38 bits per heavy atom. The molecule has 6 heteroatoms. The predicted octanol–water partition coefficient (Wildman–Crippen LogP) is 4.74. The fourth-order valence-electron chi connectivity index (χ4n) is 2.32. The molecule has 1 amide bonds. The van der Waals surface area contributed by atoms with Gasteiger partial charge in [0, 0.05) is 16.5 Å². The van der Waals surface area contributed by atoms with Crippen LogP contribution in [0.5, 0.6) is 0 Å². The molecule has 1 N–H and O–H groups in total. The van der Waals surface area contributed by atoms with Gasteiger partial charge in [0.05, 0.1) is 11.8 Å². The van der Waals surface area contributed by atoms with Crippen molar-refractivity contribution < 1.29 is 13.6 Å². The number of carbonyl (C=O) groups excluding carboxylic acids is 1. The van der Waals surface area contributed by atoms with Crippen LogP contribution in [0.1, 0.15) is 37.9 Å². The van der Waals surface area contributed by atoms with E-state index < -0.39 is 23.6 Å². The molecule has 0 radical (unpaired) electrons. The molecule has 0 aliphatic rings. The second-order valence-corrected chi connectivity index (χ2v) is 7.91. The first-order valence-corrected chi connectivity index (χ1v) is 9.06. The third-order valence-electron chi connectivity index (χ3n) is 3.80. The van der Waals surface area contributed by atoms with Crippen LogP contribution in [0, 0.1) is 23.0 Å². The van der Waals surface area contributed by atoms with E-state index in [2.05, 4.69) is 26.1 Å². The number of thioether (sulfide) groups is 1. The molecule has 1 unspecified atom stereocenters. The molecule has 3 nitrogen and oxygen atoms in total. The Morgan fingerprint density at radius 2 is 1.85 bits per heavy atom. The summed E-state index contributed by atoms with van der Waals surface area (Å²) in [6.45, 7) is 6.37. The first kappa shape index (κ1) is 19.9. The Balaban J connectivity index is 1.96. The number of nitriles is 1. The Bertz CT molecular complexity index is 823. The highest BCUT2D eigenvalue weighted by Gasteiger charge is 2.18. The van der Waals surface area contributed by atoms with Crippen molar-refractivity contribution in [3.63, 3.8) is 0 Å². The number of carbonyl (C=O) groups is 1. The van der Waals surface area contributed by atoms with Crippen LogP contribution in [-0.2, 0) is 10.2 Å². The lowest BCUT2D eigenvalue weighted by atomic mass is 9.87. The number of amides is 1. The van der Waals surface area contributed by atoms with Crippen LogP contribution >= 0.6 is 11.8 Å². The quantitative estimate of drug-likeness (QED) is 0.770. The minimum atomic E-state index is -1.16. The highest BCUT2D eigenvalue weighted by atomic mass is 32.2. The van der Waals surface area contributed by atoms with Crippen molar-refractivity contribution in [2.45, 2.75) is 37.1 Å². The number of nitrogens with one attached hydrogen (secondary N) is 1. The summed E-state index contributed by atoms with van der Waals surface area (Å²) < 4.78 is 26.7.